The molecule has 0 aliphatic carbocycles. The van der Waals surface area contributed by atoms with E-state index in [0.717, 1.165) is 5.56 Å². The molecule has 0 saturated heterocycles. The summed E-state index contributed by atoms with van der Waals surface area (Å²) in [6, 6.07) is 7.18. The molecule has 0 spiro atoms. The number of ether oxygens (including phenoxy) is 1. The van der Waals surface area contributed by atoms with Gasteiger partial charge in [-0.05, 0) is 43.7 Å². The molecule has 0 radical (unpaired) electrons. The third-order valence-electron chi connectivity index (χ3n) is 2.75. The predicted octanol–water partition coefficient (Wildman–Crippen LogP) is 3.33. The normalized spacial score (nSPS) is 10.4. The molecule has 116 valence electrons. The van der Waals surface area contributed by atoms with E-state index in [9.17, 15) is 9.18 Å². The van der Waals surface area contributed by atoms with Gasteiger partial charge in [-0.3, -0.25) is 4.98 Å². The molecule has 0 atom stereocenters. The van der Waals surface area contributed by atoms with E-state index in [-0.39, 0.29) is 6.10 Å². The number of nitrogens with zero attached hydrogens (tertiary/aromatic N) is 1. The Hall–Kier alpha value is -2.63. The van der Waals surface area contributed by atoms with Crippen LogP contribution in [0, 0.1) is 5.82 Å². The van der Waals surface area contributed by atoms with Gasteiger partial charge in [-0.25, -0.2) is 9.18 Å². The Morgan fingerprint density at radius 2 is 2.00 bits per heavy atom. The first-order chi connectivity index (χ1) is 10.5. The van der Waals surface area contributed by atoms with Crippen LogP contribution in [0.1, 0.15) is 19.4 Å². The largest absolute Gasteiger partial charge is 0.489 e. The lowest BCUT2D eigenvalue weighted by Crippen LogP contribution is -2.28. The lowest BCUT2D eigenvalue weighted by atomic mass is 10.2. The molecule has 2 amide bonds. The number of halogens is 1. The number of carbonyl (C=O) groups excluding carboxylic acids is 1. The summed E-state index contributed by atoms with van der Waals surface area (Å²) < 4.78 is 18.9. The molecule has 0 bridgehead atoms. The fourth-order valence-corrected chi connectivity index (χ4v) is 1.81. The van der Waals surface area contributed by atoms with E-state index in [1.807, 2.05) is 13.8 Å². The van der Waals surface area contributed by atoms with Crippen LogP contribution >= 0.6 is 0 Å². The molecule has 2 rings (SSSR count). The fourth-order valence-electron chi connectivity index (χ4n) is 1.81. The monoisotopic (exact) mass is 303 g/mol. The number of amides is 2. The van der Waals surface area contributed by atoms with Gasteiger partial charge in [-0.15, -0.1) is 0 Å². The van der Waals surface area contributed by atoms with Gasteiger partial charge in [0.15, 0.2) is 0 Å². The average molecular weight is 303 g/mol. The van der Waals surface area contributed by atoms with Crippen LogP contribution in [0.3, 0.4) is 0 Å². The molecular weight excluding hydrogens is 285 g/mol. The van der Waals surface area contributed by atoms with Crippen molar-refractivity contribution in [3.05, 3.63) is 54.1 Å². The number of aromatic nitrogens is 1. The highest BCUT2D eigenvalue weighted by atomic mass is 19.1. The van der Waals surface area contributed by atoms with Gasteiger partial charge in [0.05, 0.1) is 11.8 Å². The molecule has 2 aromatic rings. The Morgan fingerprint density at radius 3 is 2.68 bits per heavy atom. The molecule has 6 heteroatoms. The maximum Gasteiger partial charge on any atom is 0.319 e. The molecule has 22 heavy (non-hydrogen) atoms. The minimum atomic E-state index is -0.444. The summed E-state index contributed by atoms with van der Waals surface area (Å²) in [5.74, 6) is -0.0176. The zero-order chi connectivity index (χ0) is 15.9. The smallest absolute Gasteiger partial charge is 0.319 e. The number of benzene rings is 1. The van der Waals surface area contributed by atoms with E-state index in [1.165, 1.54) is 18.2 Å². The Kier molecular flexibility index (Phi) is 5.30. The minimum absolute atomic E-state index is 0.0779. The molecule has 0 aliphatic heterocycles. The Balaban J connectivity index is 2.00. The van der Waals surface area contributed by atoms with Crippen molar-refractivity contribution in [3.8, 4) is 5.75 Å². The molecule has 5 nitrogen and oxygen atoms in total. The molecule has 1 heterocycles. The second-order valence-corrected chi connectivity index (χ2v) is 4.97. The van der Waals surface area contributed by atoms with Gasteiger partial charge in [-0.1, -0.05) is 0 Å². The van der Waals surface area contributed by atoms with Crippen LogP contribution in [0.15, 0.2) is 42.7 Å². The predicted molar refractivity (Wildman–Crippen MR) is 82.3 cm³/mol. The number of hydrogen-bond donors (Lipinski definition) is 2. The molecule has 1 aromatic heterocycles. The zero-order valence-electron chi connectivity index (χ0n) is 12.5. The summed E-state index contributed by atoms with van der Waals surface area (Å²) in [6.45, 7) is 4.07. The first-order valence-corrected chi connectivity index (χ1v) is 6.94. The van der Waals surface area contributed by atoms with E-state index in [4.69, 9.17) is 4.74 Å². The Bertz CT molecular complexity index is 633. The minimum Gasteiger partial charge on any atom is -0.489 e. The Labute approximate surface area is 128 Å². The van der Waals surface area contributed by atoms with E-state index in [2.05, 4.69) is 15.6 Å². The Morgan fingerprint density at radius 1 is 1.27 bits per heavy atom. The van der Waals surface area contributed by atoms with E-state index in [1.54, 1.807) is 24.5 Å². The van der Waals surface area contributed by atoms with Crippen molar-refractivity contribution >= 4 is 11.7 Å². The molecule has 0 unspecified atom stereocenters. The SMILES string of the molecule is CC(C)Oc1ccc(F)cc1NC(=O)NCc1ccncc1. The summed E-state index contributed by atoms with van der Waals surface area (Å²) in [4.78, 5) is 15.8. The zero-order valence-corrected chi connectivity index (χ0v) is 12.5. The van der Waals surface area contributed by atoms with Crippen LogP contribution in [0.2, 0.25) is 0 Å². The number of carbonyl (C=O) groups is 1. The highest BCUT2D eigenvalue weighted by molar-refractivity contribution is 5.90. The molecule has 2 N–H and O–H groups in total. The van der Waals surface area contributed by atoms with Crippen molar-refractivity contribution in [3.63, 3.8) is 0 Å². The lowest BCUT2D eigenvalue weighted by molar-refractivity contribution is 0.241. The molecule has 0 fully saturated rings. The van der Waals surface area contributed by atoms with Gasteiger partial charge in [0.25, 0.3) is 0 Å². The number of anilines is 1. The van der Waals surface area contributed by atoms with Crippen LogP contribution in [-0.4, -0.2) is 17.1 Å². The number of urea groups is 1. The van der Waals surface area contributed by atoms with Crippen LogP contribution in [0.4, 0.5) is 14.9 Å². The quantitative estimate of drug-likeness (QED) is 0.890. The number of hydrogen-bond acceptors (Lipinski definition) is 3. The van der Waals surface area contributed by atoms with Gasteiger partial charge in [0.1, 0.15) is 11.6 Å². The standard InChI is InChI=1S/C16H18FN3O2/c1-11(2)22-15-4-3-13(17)9-14(15)20-16(21)19-10-12-5-7-18-8-6-12/h3-9,11H,10H2,1-2H3,(H2,19,20,21). The van der Waals surface area contributed by atoms with Gasteiger partial charge in [-0.2, -0.15) is 0 Å². The first-order valence-electron chi connectivity index (χ1n) is 6.94. The summed E-state index contributed by atoms with van der Waals surface area (Å²) >= 11 is 0. The second-order valence-electron chi connectivity index (χ2n) is 4.97. The van der Waals surface area contributed by atoms with E-state index >= 15 is 0 Å². The van der Waals surface area contributed by atoms with Crippen molar-refractivity contribution in [1.82, 2.24) is 10.3 Å². The fraction of sp³-hybridized carbons (Fsp3) is 0.250. The lowest BCUT2D eigenvalue weighted by Gasteiger charge is -2.15. The van der Waals surface area contributed by atoms with Gasteiger partial charge in [0, 0.05) is 25.0 Å². The van der Waals surface area contributed by atoms with Gasteiger partial charge in [0.2, 0.25) is 0 Å². The van der Waals surface area contributed by atoms with Crippen molar-refractivity contribution in [1.29, 1.82) is 0 Å². The van der Waals surface area contributed by atoms with Gasteiger partial charge < -0.3 is 15.4 Å². The molecule has 1 aromatic carbocycles. The van der Waals surface area contributed by atoms with Crippen LogP contribution < -0.4 is 15.4 Å². The van der Waals surface area contributed by atoms with Crippen LogP contribution in [-0.2, 0) is 6.54 Å². The molecule has 0 saturated carbocycles. The van der Waals surface area contributed by atoms with E-state index in [0.29, 0.717) is 18.0 Å². The van der Waals surface area contributed by atoms with Crippen molar-refractivity contribution < 1.29 is 13.9 Å². The third kappa shape index (κ3) is 4.73. The second kappa shape index (κ2) is 7.40. The number of nitrogens with one attached hydrogen (secondary N) is 2. The average Bonchev–Trinajstić information content (AvgIpc) is 2.49. The topological polar surface area (TPSA) is 63.2 Å². The summed E-state index contributed by atoms with van der Waals surface area (Å²) in [5, 5.41) is 5.29. The number of pyridine rings is 1. The maximum absolute atomic E-state index is 13.4. The molecular formula is C16H18FN3O2. The maximum atomic E-state index is 13.4. The molecule has 0 aliphatic rings. The summed E-state index contributed by atoms with van der Waals surface area (Å²) in [6.07, 6.45) is 3.22. The van der Waals surface area contributed by atoms with Crippen molar-refractivity contribution in [2.24, 2.45) is 0 Å². The highest BCUT2D eigenvalue weighted by Gasteiger charge is 2.10. The van der Waals surface area contributed by atoms with Crippen molar-refractivity contribution in [2.45, 2.75) is 26.5 Å². The number of rotatable bonds is 5. The summed E-state index contributed by atoms with van der Waals surface area (Å²) in [7, 11) is 0. The summed E-state index contributed by atoms with van der Waals surface area (Å²) in [5.41, 5.74) is 1.21. The first kappa shape index (κ1) is 15.8. The van der Waals surface area contributed by atoms with Gasteiger partial charge >= 0.3 is 6.03 Å². The highest BCUT2D eigenvalue weighted by Crippen LogP contribution is 2.26. The van der Waals surface area contributed by atoms with Crippen molar-refractivity contribution in [2.75, 3.05) is 5.32 Å². The third-order valence-corrected chi connectivity index (χ3v) is 2.75. The van der Waals surface area contributed by atoms with E-state index < -0.39 is 11.8 Å². The van der Waals surface area contributed by atoms with Crippen LogP contribution in [0.25, 0.3) is 0 Å². The van der Waals surface area contributed by atoms with Crippen LogP contribution in [0.5, 0.6) is 5.75 Å².